The minimum absolute atomic E-state index is 0.0610. The molecular weight excluding hydrogens is 372 g/mol. The molecule has 0 aliphatic rings. The predicted molar refractivity (Wildman–Crippen MR) is 113 cm³/mol. The van der Waals surface area contributed by atoms with Gasteiger partial charge in [-0.25, -0.2) is 4.98 Å². The molecule has 0 aromatic carbocycles. The van der Waals surface area contributed by atoms with E-state index in [2.05, 4.69) is 49.5 Å². The van der Waals surface area contributed by atoms with Crippen molar-refractivity contribution in [2.24, 2.45) is 0 Å². The number of pyridine rings is 1. The second kappa shape index (κ2) is 9.80. The molecule has 0 atom stereocenters. The Labute approximate surface area is 168 Å². The van der Waals surface area contributed by atoms with E-state index >= 15 is 0 Å². The highest BCUT2D eigenvalue weighted by atomic mass is 32.1. The highest BCUT2D eigenvalue weighted by Crippen LogP contribution is 2.17. The number of carbonyl (C=O) groups excluding carboxylic acids is 1. The zero-order valence-corrected chi connectivity index (χ0v) is 16.8. The first-order valence-corrected chi connectivity index (χ1v) is 10.0. The number of hydrogen-bond donors (Lipinski definition) is 3. The van der Waals surface area contributed by atoms with E-state index in [-0.39, 0.29) is 5.91 Å². The smallest absolute Gasteiger partial charge is 0.220 e. The maximum Gasteiger partial charge on any atom is 0.220 e. The van der Waals surface area contributed by atoms with E-state index in [0.29, 0.717) is 31.1 Å². The maximum absolute atomic E-state index is 11.9. The monoisotopic (exact) mass is 396 g/mol. The van der Waals surface area contributed by atoms with Gasteiger partial charge in [-0.1, -0.05) is 6.07 Å². The van der Waals surface area contributed by atoms with E-state index in [9.17, 15) is 4.79 Å². The van der Waals surface area contributed by atoms with Gasteiger partial charge in [0.2, 0.25) is 5.91 Å². The summed E-state index contributed by atoms with van der Waals surface area (Å²) < 4.78 is 0. The number of rotatable bonds is 9. The van der Waals surface area contributed by atoms with Crippen LogP contribution in [-0.2, 0) is 11.2 Å². The molecule has 0 aliphatic heterocycles. The number of anilines is 3. The van der Waals surface area contributed by atoms with Crippen molar-refractivity contribution in [2.45, 2.75) is 26.7 Å². The van der Waals surface area contributed by atoms with Crippen molar-refractivity contribution in [3.63, 3.8) is 0 Å². The van der Waals surface area contributed by atoms with Crippen LogP contribution in [0.1, 0.15) is 22.4 Å². The SMILES string of the molecule is Cc1ccc(Nc2ccc(NCCNC(=O)CCc3sccc3C)nn2)nc1. The average Bonchev–Trinajstić information content (AvgIpc) is 3.11. The van der Waals surface area contributed by atoms with Crippen molar-refractivity contribution in [2.75, 3.05) is 23.7 Å². The molecule has 3 heterocycles. The molecular formula is C20H24N6OS. The third-order valence-corrected chi connectivity index (χ3v) is 5.22. The van der Waals surface area contributed by atoms with Crippen LogP contribution in [-0.4, -0.2) is 34.2 Å². The fourth-order valence-electron chi connectivity index (χ4n) is 2.53. The lowest BCUT2D eigenvalue weighted by Crippen LogP contribution is -2.29. The van der Waals surface area contributed by atoms with Gasteiger partial charge in [0.25, 0.3) is 0 Å². The van der Waals surface area contributed by atoms with Gasteiger partial charge in [-0.3, -0.25) is 4.79 Å². The van der Waals surface area contributed by atoms with Crippen molar-refractivity contribution in [3.8, 4) is 0 Å². The van der Waals surface area contributed by atoms with Gasteiger partial charge in [-0.2, -0.15) is 0 Å². The number of nitrogens with one attached hydrogen (secondary N) is 3. The van der Waals surface area contributed by atoms with Gasteiger partial charge in [0.15, 0.2) is 5.82 Å². The Morgan fingerprint density at radius 3 is 2.46 bits per heavy atom. The number of aromatic nitrogens is 3. The third kappa shape index (κ3) is 6.02. The molecule has 0 fully saturated rings. The number of amides is 1. The van der Waals surface area contributed by atoms with Crippen LogP contribution in [0.4, 0.5) is 17.5 Å². The van der Waals surface area contributed by atoms with Gasteiger partial charge >= 0.3 is 0 Å². The number of carbonyl (C=O) groups is 1. The van der Waals surface area contributed by atoms with Gasteiger partial charge < -0.3 is 16.0 Å². The largest absolute Gasteiger partial charge is 0.367 e. The molecule has 3 N–H and O–H groups in total. The lowest BCUT2D eigenvalue weighted by Gasteiger charge is -2.08. The fraction of sp³-hybridized carbons (Fsp3) is 0.300. The number of aryl methyl sites for hydroxylation is 3. The highest BCUT2D eigenvalue weighted by Gasteiger charge is 2.05. The molecule has 28 heavy (non-hydrogen) atoms. The van der Waals surface area contributed by atoms with Crippen LogP contribution in [0.5, 0.6) is 0 Å². The number of nitrogens with zero attached hydrogens (tertiary/aromatic N) is 3. The molecule has 0 aliphatic carbocycles. The molecule has 0 unspecified atom stereocenters. The summed E-state index contributed by atoms with van der Waals surface area (Å²) in [5, 5.41) is 19.5. The van der Waals surface area contributed by atoms with Gasteiger partial charge in [-0.15, -0.1) is 21.5 Å². The molecule has 7 nitrogen and oxygen atoms in total. The molecule has 0 saturated heterocycles. The van der Waals surface area contributed by atoms with Crippen LogP contribution >= 0.6 is 11.3 Å². The van der Waals surface area contributed by atoms with Crippen molar-refractivity contribution >= 4 is 34.7 Å². The molecule has 0 spiro atoms. The standard InChI is InChI=1S/C20H24N6OS/c1-14-3-5-17(23-13-14)24-19-7-6-18(25-26-19)21-10-11-22-20(27)8-4-16-15(2)9-12-28-16/h3,5-7,9,12-13H,4,8,10-11H2,1-2H3,(H,21,25)(H,22,27)(H,23,24,26). The van der Waals surface area contributed by atoms with Crippen LogP contribution in [0, 0.1) is 13.8 Å². The molecule has 3 aromatic heterocycles. The van der Waals surface area contributed by atoms with E-state index in [0.717, 1.165) is 17.8 Å². The normalized spacial score (nSPS) is 10.5. The summed E-state index contributed by atoms with van der Waals surface area (Å²) in [5.74, 6) is 2.07. The number of hydrogen-bond acceptors (Lipinski definition) is 7. The molecule has 1 amide bonds. The summed E-state index contributed by atoms with van der Waals surface area (Å²) in [7, 11) is 0. The van der Waals surface area contributed by atoms with Crippen molar-refractivity contribution in [1.82, 2.24) is 20.5 Å². The zero-order chi connectivity index (χ0) is 19.8. The quantitative estimate of drug-likeness (QED) is 0.480. The summed E-state index contributed by atoms with van der Waals surface area (Å²) >= 11 is 1.70. The van der Waals surface area contributed by atoms with E-state index in [1.807, 2.05) is 31.2 Å². The molecule has 8 heteroatoms. The Morgan fingerprint density at radius 2 is 1.79 bits per heavy atom. The zero-order valence-electron chi connectivity index (χ0n) is 16.0. The number of thiophene rings is 1. The first-order chi connectivity index (χ1) is 13.6. The van der Waals surface area contributed by atoms with Crippen molar-refractivity contribution < 1.29 is 4.79 Å². The van der Waals surface area contributed by atoms with Crippen molar-refractivity contribution in [3.05, 3.63) is 57.9 Å². The van der Waals surface area contributed by atoms with Gasteiger partial charge in [0.1, 0.15) is 11.6 Å². The van der Waals surface area contributed by atoms with Crippen LogP contribution in [0.3, 0.4) is 0 Å². The van der Waals surface area contributed by atoms with Crippen LogP contribution in [0.15, 0.2) is 41.9 Å². The second-order valence-corrected chi connectivity index (χ2v) is 7.45. The summed E-state index contributed by atoms with van der Waals surface area (Å²) in [6, 6.07) is 9.63. The molecule has 0 radical (unpaired) electrons. The molecule has 146 valence electrons. The van der Waals surface area contributed by atoms with Crippen molar-refractivity contribution in [1.29, 1.82) is 0 Å². The molecule has 0 bridgehead atoms. The molecule has 3 rings (SSSR count). The van der Waals surface area contributed by atoms with E-state index in [4.69, 9.17) is 0 Å². The minimum atomic E-state index is 0.0610. The third-order valence-electron chi connectivity index (χ3n) is 4.13. The minimum Gasteiger partial charge on any atom is -0.367 e. The highest BCUT2D eigenvalue weighted by molar-refractivity contribution is 7.10. The van der Waals surface area contributed by atoms with E-state index in [1.165, 1.54) is 10.4 Å². The van der Waals surface area contributed by atoms with Crippen LogP contribution in [0.2, 0.25) is 0 Å². The summed E-state index contributed by atoms with van der Waals surface area (Å²) in [6.45, 7) is 5.19. The summed E-state index contributed by atoms with van der Waals surface area (Å²) in [4.78, 5) is 17.5. The van der Waals surface area contributed by atoms with Gasteiger partial charge in [-0.05, 0) is 61.0 Å². The Balaban J connectivity index is 1.35. The van der Waals surface area contributed by atoms with Gasteiger partial charge in [0.05, 0.1) is 0 Å². The summed E-state index contributed by atoms with van der Waals surface area (Å²) in [6.07, 6.45) is 3.09. The fourth-order valence-corrected chi connectivity index (χ4v) is 3.44. The Morgan fingerprint density at radius 1 is 1.00 bits per heavy atom. The Kier molecular flexibility index (Phi) is 6.91. The molecule has 3 aromatic rings. The van der Waals surface area contributed by atoms with E-state index in [1.54, 1.807) is 17.5 Å². The lowest BCUT2D eigenvalue weighted by atomic mass is 10.2. The van der Waals surface area contributed by atoms with Gasteiger partial charge in [0, 0.05) is 30.6 Å². The second-order valence-electron chi connectivity index (χ2n) is 6.45. The maximum atomic E-state index is 11.9. The predicted octanol–water partition coefficient (Wildman–Crippen LogP) is 3.45. The van der Waals surface area contributed by atoms with E-state index < -0.39 is 0 Å². The topological polar surface area (TPSA) is 91.8 Å². The average molecular weight is 397 g/mol. The summed E-state index contributed by atoms with van der Waals surface area (Å²) in [5.41, 5.74) is 2.36. The lowest BCUT2D eigenvalue weighted by molar-refractivity contribution is -0.120. The molecule has 0 saturated carbocycles. The Hall–Kier alpha value is -3.00. The Bertz CT molecular complexity index is 892. The first-order valence-electron chi connectivity index (χ1n) is 9.17. The first kappa shape index (κ1) is 19.8. The van der Waals surface area contributed by atoms with Crippen LogP contribution in [0.25, 0.3) is 0 Å². The van der Waals surface area contributed by atoms with Crippen LogP contribution < -0.4 is 16.0 Å².